The molecule has 0 saturated carbocycles. The van der Waals surface area contributed by atoms with Gasteiger partial charge in [0, 0.05) is 11.1 Å². The van der Waals surface area contributed by atoms with E-state index in [1.54, 1.807) is 55.7 Å². The van der Waals surface area contributed by atoms with Gasteiger partial charge in [-0.25, -0.2) is 0 Å². The molecule has 2 aromatic carbocycles. The first-order valence-corrected chi connectivity index (χ1v) is 8.64. The number of ether oxygens (including phenoxy) is 2. The van der Waals surface area contributed by atoms with Gasteiger partial charge in [0.05, 0.1) is 11.6 Å². The average Bonchev–Trinajstić information content (AvgIpc) is 2.64. The Morgan fingerprint density at radius 2 is 1.88 bits per heavy atom. The van der Waals surface area contributed by atoms with Crippen LogP contribution < -0.4 is 20.3 Å². The zero-order valence-electron chi connectivity index (χ0n) is 13.8. The zero-order chi connectivity index (χ0) is 18.9. The Bertz CT molecular complexity index is 809. The van der Waals surface area contributed by atoms with Crippen LogP contribution in [0.1, 0.15) is 5.56 Å². The van der Waals surface area contributed by atoms with Crippen LogP contribution in [0.4, 0.5) is 0 Å². The van der Waals surface area contributed by atoms with Crippen LogP contribution in [-0.2, 0) is 9.59 Å². The molecule has 0 fully saturated rings. The molecule has 0 unspecified atom stereocenters. The third-order valence-corrected chi connectivity index (χ3v) is 3.98. The Balaban J connectivity index is 1.75. The van der Waals surface area contributed by atoms with Gasteiger partial charge < -0.3 is 9.47 Å². The first kappa shape index (κ1) is 19.8. The molecule has 8 heteroatoms. The fraction of sp³-hybridized carbons (Fsp3) is 0.111. The minimum absolute atomic E-state index is 0.261. The van der Waals surface area contributed by atoms with Crippen molar-refractivity contribution >= 4 is 45.4 Å². The zero-order valence-corrected chi connectivity index (χ0v) is 16.1. The number of rotatable bonds is 6. The normalized spacial score (nSPS) is 10.4. The van der Waals surface area contributed by atoms with Crippen molar-refractivity contribution in [3.05, 3.63) is 63.6 Å². The van der Waals surface area contributed by atoms with Crippen molar-refractivity contribution in [2.24, 2.45) is 0 Å². The number of hydrogen-bond acceptors (Lipinski definition) is 4. The van der Waals surface area contributed by atoms with Crippen molar-refractivity contribution in [1.82, 2.24) is 10.9 Å². The lowest BCUT2D eigenvalue weighted by molar-refractivity contribution is -0.128. The second-order valence-electron chi connectivity index (χ2n) is 5.01. The minimum Gasteiger partial charge on any atom is -0.497 e. The SMILES string of the molecule is COc1ccc(C=CC(=O)NNC(=O)COc2ccc(Cl)cc2Br)cc1. The summed E-state index contributed by atoms with van der Waals surface area (Å²) in [5, 5.41) is 0.546. The van der Waals surface area contributed by atoms with Gasteiger partial charge in [-0.1, -0.05) is 23.7 Å². The van der Waals surface area contributed by atoms with Gasteiger partial charge in [0.1, 0.15) is 11.5 Å². The van der Waals surface area contributed by atoms with Crippen LogP contribution in [-0.4, -0.2) is 25.5 Å². The van der Waals surface area contributed by atoms with Gasteiger partial charge >= 0.3 is 0 Å². The highest BCUT2D eigenvalue weighted by Gasteiger charge is 2.06. The topological polar surface area (TPSA) is 76.7 Å². The average molecular weight is 440 g/mol. The number of hydrogen-bond donors (Lipinski definition) is 2. The van der Waals surface area contributed by atoms with Crippen LogP contribution in [0.5, 0.6) is 11.5 Å². The van der Waals surface area contributed by atoms with Crippen molar-refractivity contribution in [2.75, 3.05) is 13.7 Å². The van der Waals surface area contributed by atoms with Crippen LogP contribution in [0.25, 0.3) is 6.08 Å². The monoisotopic (exact) mass is 438 g/mol. The van der Waals surface area contributed by atoms with Crippen molar-refractivity contribution in [2.45, 2.75) is 0 Å². The largest absolute Gasteiger partial charge is 0.497 e. The smallest absolute Gasteiger partial charge is 0.276 e. The van der Waals surface area contributed by atoms with Gasteiger partial charge in [-0.05, 0) is 57.9 Å². The van der Waals surface area contributed by atoms with Crippen LogP contribution >= 0.6 is 27.5 Å². The van der Waals surface area contributed by atoms with Crippen molar-refractivity contribution in [3.8, 4) is 11.5 Å². The van der Waals surface area contributed by atoms with Gasteiger partial charge in [0.15, 0.2) is 6.61 Å². The summed E-state index contributed by atoms with van der Waals surface area (Å²) in [6.07, 6.45) is 2.92. The Morgan fingerprint density at radius 1 is 1.15 bits per heavy atom. The molecule has 0 aromatic heterocycles. The summed E-state index contributed by atoms with van der Waals surface area (Å²) in [6.45, 7) is -0.261. The molecule has 2 N–H and O–H groups in total. The fourth-order valence-corrected chi connectivity index (χ4v) is 2.63. The molecule has 0 spiro atoms. The number of halogens is 2. The van der Waals surface area contributed by atoms with E-state index in [4.69, 9.17) is 21.1 Å². The summed E-state index contributed by atoms with van der Waals surface area (Å²) in [7, 11) is 1.58. The third kappa shape index (κ3) is 6.42. The summed E-state index contributed by atoms with van der Waals surface area (Å²) in [4.78, 5) is 23.4. The van der Waals surface area contributed by atoms with Gasteiger partial charge in [-0.15, -0.1) is 0 Å². The lowest BCUT2D eigenvalue weighted by Gasteiger charge is -2.09. The summed E-state index contributed by atoms with van der Waals surface area (Å²) in [5.41, 5.74) is 5.36. The number of benzene rings is 2. The van der Waals surface area contributed by atoms with Gasteiger partial charge in [-0.3, -0.25) is 20.4 Å². The molecule has 0 aliphatic carbocycles. The van der Waals surface area contributed by atoms with E-state index in [0.717, 1.165) is 11.3 Å². The van der Waals surface area contributed by atoms with Gasteiger partial charge in [0.2, 0.25) is 0 Å². The van der Waals surface area contributed by atoms with E-state index in [1.807, 2.05) is 0 Å². The first-order chi connectivity index (χ1) is 12.5. The van der Waals surface area contributed by atoms with E-state index in [2.05, 4.69) is 26.8 Å². The molecule has 6 nitrogen and oxygen atoms in total. The quantitative estimate of drug-likeness (QED) is 0.535. The van der Waals surface area contributed by atoms with Crippen LogP contribution in [0, 0.1) is 0 Å². The van der Waals surface area contributed by atoms with Crippen LogP contribution in [0.3, 0.4) is 0 Å². The molecular weight excluding hydrogens is 424 g/mol. The second-order valence-corrected chi connectivity index (χ2v) is 6.30. The fourth-order valence-electron chi connectivity index (χ4n) is 1.83. The predicted molar refractivity (Wildman–Crippen MR) is 103 cm³/mol. The van der Waals surface area contributed by atoms with E-state index < -0.39 is 11.8 Å². The van der Waals surface area contributed by atoms with E-state index in [9.17, 15) is 9.59 Å². The minimum atomic E-state index is -0.502. The summed E-state index contributed by atoms with van der Waals surface area (Å²) in [5.74, 6) is 0.223. The maximum absolute atomic E-state index is 11.7. The molecule has 0 atom stereocenters. The molecule has 136 valence electrons. The summed E-state index contributed by atoms with van der Waals surface area (Å²) < 4.78 is 11.0. The molecule has 0 aliphatic rings. The number of carbonyl (C=O) groups is 2. The van der Waals surface area contributed by atoms with E-state index in [-0.39, 0.29) is 6.61 Å². The maximum Gasteiger partial charge on any atom is 0.276 e. The highest BCUT2D eigenvalue weighted by atomic mass is 79.9. The molecule has 2 amide bonds. The van der Waals surface area contributed by atoms with Crippen molar-refractivity contribution in [3.63, 3.8) is 0 Å². The third-order valence-electron chi connectivity index (χ3n) is 3.12. The summed E-state index contributed by atoms with van der Waals surface area (Å²) in [6, 6.07) is 12.1. The lowest BCUT2D eigenvalue weighted by Crippen LogP contribution is -2.43. The molecule has 0 bridgehead atoms. The number of methoxy groups -OCH3 is 1. The molecular formula is C18H16BrClN2O4. The van der Waals surface area contributed by atoms with Crippen molar-refractivity contribution < 1.29 is 19.1 Å². The Hall–Kier alpha value is -2.51. The molecule has 2 aromatic rings. The highest BCUT2D eigenvalue weighted by Crippen LogP contribution is 2.27. The standard InChI is InChI=1S/C18H16BrClN2O4/c1-25-14-6-2-12(3-7-14)4-9-17(23)21-22-18(24)11-26-16-8-5-13(20)10-15(16)19/h2-10H,11H2,1H3,(H,21,23)(H,22,24). The molecule has 2 rings (SSSR count). The summed E-state index contributed by atoms with van der Waals surface area (Å²) >= 11 is 9.11. The number of hydrazine groups is 1. The van der Waals surface area contributed by atoms with Crippen molar-refractivity contribution in [1.29, 1.82) is 0 Å². The number of amides is 2. The number of nitrogens with one attached hydrogen (secondary N) is 2. The predicted octanol–water partition coefficient (Wildman–Crippen LogP) is 3.35. The molecule has 0 saturated heterocycles. The molecule has 0 aliphatic heterocycles. The maximum atomic E-state index is 11.7. The first-order valence-electron chi connectivity index (χ1n) is 7.47. The van der Waals surface area contributed by atoms with Gasteiger partial charge in [-0.2, -0.15) is 0 Å². The Kier molecular flexibility index (Phi) is 7.50. The van der Waals surface area contributed by atoms with E-state index in [0.29, 0.717) is 15.2 Å². The lowest BCUT2D eigenvalue weighted by atomic mass is 10.2. The van der Waals surface area contributed by atoms with E-state index in [1.165, 1.54) is 6.08 Å². The van der Waals surface area contributed by atoms with Crippen LogP contribution in [0.2, 0.25) is 5.02 Å². The van der Waals surface area contributed by atoms with Crippen LogP contribution in [0.15, 0.2) is 53.0 Å². The number of carbonyl (C=O) groups excluding carboxylic acids is 2. The highest BCUT2D eigenvalue weighted by molar-refractivity contribution is 9.10. The van der Waals surface area contributed by atoms with Gasteiger partial charge in [0.25, 0.3) is 11.8 Å². The molecule has 26 heavy (non-hydrogen) atoms. The molecule has 0 radical (unpaired) electrons. The van der Waals surface area contributed by atoms with E-state index >= 15 is 0 Å². The Labute approximate surface area is 164 Å². The molecule has 0 heterocycles. The second kappa shape index (κ2) is 9.84. The Morgan fingerprint density at radius 3 is 2.54 bits per heavy atom.